The van der Waals surface area contributed by atoms with Crippen molar-refractivity contribution in [1.29, 1.82) is 0 Å². The molecule has 1 saturated heterocycles. The number of nitrogens with zero attached hydrogens (tertiary/aromatic N) is 1. The third-order valence-corrected chi connectivity index (χ3v) is 4.91. The van der Waals surface area contributed by atoms with Crippen molar-refractivity contribution >= 4 is 28.9 Å². The van der Waals surface area contributed by atoms with Crippen molar-refractivity contribution in [1.82, 2.24) is 0 Å². The second-order valence-corrected chi connectivity index (χ2v) is 7.21. The summed E-state index contributed by atoms with van der Waals surface area (Å²) in [5.41, 5.74) is 1.16. The second-order valence-electron chi connectivity index (χ2n) is 6.34. The van der Waals surface area contributed by atoms with E-state index in [9.17, 15) is 5.11 Å². The van der Waals surface area contributed by atoms with Crippen LogP contribution in [-0.2, 0) is 0 Å². The third-order valence-electron chi connectivity index (χ3n) is 4.42. The fourth-order valence-corrected chi connectivity index (χ4v) is 3.38. The first kappa shape index (κ1) is 18.3. The molecule has 2 aromatic rings. The average Bonchev–Trinajstić information content (AvgIpc) is 2.62. The number of nitrogens with one attached hydrogen (secondary N) is 1. The Morgan fingerprint density at radius 2 is 1.76 bits per heavy atom. The number of aliphatic hydroxyl groups excluding tert-OH is 1. The molecule has 4 nitrogen and oxygen atoms in total. The molecule has 0 aliphatic carbocycles. The number of aliphatic hydroxyl groups is 1. The van der Waals surface area contributed by atoms with Gasteiger partial charge in [-0.25, -0.2) is 0 Å². The number of hydrogen-bond donors (Lipinski definition) is 2. The van der Waals surface area contributed by atoms with Crippen LogP contribution in [0.2, 0.25) is 10.0 Å². The monoisotopic (exact) mass is 381 g/mol. The van der Waals surface area contributed by atoms with E-state index in [1.807, 2.05) is 30.3 Å². The summed E-state index contributed by atoms with van der Waals surface area (Å²) in [6, 6.07) is 15.1. The molecule has 0 saturated carbocycles. The third kappa shape index (κ3) is 5.51. The number of quaternary nitrogens is 1. The minimum absolute atomic E-state index is 0.295. The minimum Gasteiger partial charge on any atom is -0.491 e. The molecule has 0 spiro atoms. The van der Waals surface area contributed by atoms with Gasteiger partial charge in [-0.2, -0.15) is 0 Å². The maximum absolute atomic E-state index is 10.2. The Morgan fingerprint density at radius 1 is 1.04 bits per heavy atom. The van der Waals surface area contributed by atoms with Gasteiger partial charge >= 0.3 is 0 Å². The Labute approximate surface area is 158 Å². The summed E-state index contributed by atoms with van der Waals surface area (Å²) in [4.78, 5) is 3.73. The Kier molecular flexibility index (Phi) is 6.43. The van der Waals surface area contributed by atoms with Crippen LogP contribution in [0.4, 0.5) is 5.69 Å². The predicted octanol–water partition coefficient (Wildman–Crippen LogP) is 2.14. The van der Waals surface area contributed by atoms with E-state index in [2.05, 4.69) is 11.0 Å². The Bertz CT molecular complexity index is 673. The van der Waals surface area contributed by atoms with Gasteiger partial charge in [0.25, 0.3) is 0 Å². The minimum atomic E-state index is -0.483. The number of halogens is 2. The molecule has 2 N–H and O–H groups in total. The van der Waals surface area contributed by atoms with Crippen LogP contribution in [0.15, 0.2) is 48.5 Å². The van der Waals surface area contributed by atoms with Crippen LogP contribution in [0.25, 0.3) is 0 Å². The molecule has 1 atom stereocenters. The molecule has 25 heavy (non-hydrogen) atoms. The van der Waals surface area contributed by atoms with Crippen molar-refractivity contribution in [3.8, 4) is 5.75 Å². The fourth-order valence-electron chi connectivity index (χ4n) is 3.07. The standard InChI is InChI=1S/C19H22Cl2N2O2/c20-15-4-6-19(7-5-15)25-14-18(24)13-22-8-10-23(11-9-22)17-3-1-2-16(21)12-17/h1-7,12,18,24H,8-11,13-14H2/p+1/t18-/m1/s1. The molecule has 6 heteroatoms. The van der Waals surface area contributed by atoms with Crippen molar-refractivity contribution in [2.45, 2.75) is 6.10 Å². The highest BCUT2D eigenvalue weighted by atomic mass is 35.5. The van der Waals surface area contributed by atoms with Crippen LogP contribution < -0.4 is 14.5 Å². The lowest BCUT2D eigenvalue weighted by Gasteiger charge is -2.34. The van der Waals surface area contributed by atoms with Gasteiger partial charge in [-0.05, 0) is 42.5 Å². The van der Waals surface area contributed by atoms with Gasteiger partial charge in [-0.15, -0.1) is 0 Å². The van der Waals surface area contributed by atoms with Crippen molar-refractivity contribution in [2.24, 2.45) is 0 Å². The summed E-state index contributed by atoms with van der Waals surface area (Å²) >= 11 is 11.9. The van der Waals surface area contributed by atoms with Crippen LogP contribution in [-0.4, -0.2) is 50.5 Å². The molecule has 0 aromatic heterocycles. The van der Waals surface area contributed by atoms with Gasteiger partial charge in [0.05, 0.1) is 26.2 Å². The van der Waals surface area contributed by atoms with E-state index in [1.54, 1.807) is 12.1 Å². The van der Waals surface area contributed by atoms with Gasteiger partial charge < -0.3 is 19.6 Å². The van der Waals surface area contributed by atoms with Crippen LogP contribution in [0.1, 0.15) is 0 Å². The number of rotatable bonds is 6. The quantitative estimate of drug-likeness (QED) is 0.804. The molecule has 134 valence electrons. The summed E-state index contributed by atoms with van der Waals surface area (Å²) in [6.07, 6.45) is -0.483. The van der Waals surface area contributed by atoms with E-state index in [-0.39, 0.29) is 0 Å². The van der Waals surface area contributed by atoms with Crippen molar-refractivity contribution in [3.05, 3.63) is 58.6 Å². The van der Waals surface area contributed by atoms with E-state index in [4.69, 9.17) is 27.9 Å². The van der Waals surface area contributed by atoms with Crippen LogP contribution in [0.5, 0.6) is 5.75 Å². The zero-order chi connectivity index (χ0) is 17.6. The van der Waals surface area contributed by atoms with E-state index in [1.165, 1.54) is 4.90 Å². The predicted molar refractivity (Wildman–Crippen MR) is 102 cm³/mol. The summed E-state index contributed by atoms with van der Waals surface area (Å²) in [5.74, 6) is 0.726. The molecule has 1 aliphatic rings. The zero-order valence-electron chi connectivity index (χ0n) is 14.0. The van der Waals surface area contributed by atoms with E-state index in [0.29, 0.717) is 18.2 Å². The summed E-state index contributed by atoms with van der Waals surface area (Å²) in [7, 11) is 0. The molecule has 2 aromatic carbocycles. The first-order valence-electron chi connectivity index (χ1n) is 8.50. The Morgan fingerprint density at radius 3 is 2.44 bits per heavy atom. The molecule has 0 bridgehead atoms. The summed E-state index contributed by atoms with van der Waals surface area (Å²) < 4.78 is 5.62. The lowest BCUT2D eigenvalue weighted by atomic mass is 10.2. The molecule has 3 rings (SSSR count). The van der Waals surface area contributed by atoms with Crippen molar-refractivity contribution < 1.29 is 14.7 Å². The zero-order valence-corrected chi connectivity index (χ0v) is 15.5. The Hall–Kier alpha value is -1.46. The van der Waals surface area contributed by atoms with Gasteiger partial charge in [0.1, 0.15) is 25.0 Å². The van der Waals surface area contributed by atoms with Gasteiger partial charge in [-0.1, -0.05) is 29.3 Å². The average molecular weight is 382 g/mol. The highest BCUT2D eigenvalue weighted by molar-refractivity contribution is 6.31. The molecular weight excluding hydrogens is 359 g/mol. The molecular formula is C19H23Cl2N2O2+. The van der Waals surface area contributed by atoms with E-state index >= 15 is 0 Å². The van der Waals surface area contributed by atoms with E-state index < -0.39 is 6.10 Å². The number of hydrogen-bond acceptors (Lipinski definition) is 3. The molecule has 0 radical (unpaired) electrons. The molecule has 0 unspecified atom stereocenters. The highest BCUT2D eigenvalue weighted by Crippen LogP contribution is 2.19. The lowest BCUT2D eigenvalue weighted by Crippen LogP contribution is -3.16. The topological polar surface area (TPSA) is 37.1 Å². The summed E-state index contributed by atoms with van der Waals surface area (Å²) in [6.45, 7) is 4.88. The molecule has 1 heterocycles. The maximum atomic E-state index is 10.2. The SMILES string of the molecule is O[C@@H](COc1ccc(Cl)cc1)C[NH+]1CCN(c2cccc(Cl)c2)CC1. The largest absolute Gasteiger partial charge is 0.491 e. The summed E-state index contributed by atoms with van der Waals surface area (Å²) in [5, 5.41) is 11.7. The van der Waals surface area contributed by atoms with Crippen LogP contribution in [0, 0.1) is 0 Å². The number of piperazine rings is 1. The van der Waals surface area contributed by atoms with Crippen LogP contribution in [0.3, 0.4) is 0 Å². The number of anilines is 1. The van der Waals surface area contributed by atoms with Gasteiger partial charge in [0, 0.05) is 15.7 Å². The number of ether oxygens (including phenoxy) is 1. The van der Waals surface area contributed by atoms with Gasteiger partial charge in [0.15, 0.2) is 0 Å². The number of benzene rings is 2. The van der Waals surface area contributed by atoms with Crippen LogP contribution >= 0.6 is 23.2 Å². The Balaban J connectivity index is 1.41. The molecule has 1 fully saturated rings. The van der Waals surface area contributed by atoms with E-state index in [0.717, 1.165) is 42.6 Å². The molecule has 0 amide bonds. The fraction of sp³-hybridized carbons (Fsp3) is 0.368. The van der Waals surface area contributed by atoms with Crippen molar-refractivity contribution in [3.63, 3.8) is 0 Å². The van der Waals surface area contributed by atoms with Gasteiger partial charge in [-0.3, -0.25) is 0 Å². The lowest BCUT2D eigenvalue weighted by molar-refractivity contribution is -0.903. The highest BCUT2D eigenvalue weighted by Gasteiger charge is 2.23. The molecule has 1 aliphatic heterocycles. The smallest absolute Gasteiger partial charge is 0.137 e. The second kappa shape index (κ2) is 8.77. The maximum Gasteiger partial charge on any atom is 0.137 e. The normalized spacial score (nSPS) is 16.7. The first-order chi connectivity index (χ1) is 12.1. The van der Waals surface area contributed by atoms with Gasteiger partial charge in [0.2, 0.25) is 0 Å². The van der Waals surface area contributed by atoms with Crippen molar-refractivity contribution in [2.75, 3.05) is 44.2 Å². The first-order valence-corrected chi connectivity index (χ1v) is 9.26.